The summed E-state index contributed by atoms with van der Waals surface area (Å²) in [6.45, 7) is 2.29. The van der Waals surface area contributed by atoms with Crippen LogP contribution >= 0.6 is 0 Å². The van der Waals surface area contributed by atoms with E-state index in [1.807, 2.05) is 19.1 Å². The SMILES string of the molecule is CCc1cccnc1Cn1cc(C(=O)O)ccc1=O. The second-order valence-electron chi connectivity index (χ2n) is 4.15. The van der Waals surface area contributed by atoms with E-state index in [4.69, 9.17) is 5.11 Å². The summed E-state index contributed by atoms with van der Waals surface area (Å²) in [7, 11) is 0. The molecule has 0 atom stereocenters. The van der Waals surface area contributed by atoms with Crippen LogP contribution in [0.1, 0.15) is 28.5 Å². The first-order valence-corrected chi connectivity index (χ1v) is 5.98. The van der Waals surface area contributed by atoms with Crippen LogP contribution in [0, 0.1) is 0 Å². The first-order valence-electron chi connectivity index (χ1n) is 5.98. The highest BCUT2D eigenvalue weighted by molar-refractivity contribution is 5.87. The van der Waals surface area contributed by atoms with Gasteiger partial charge in [-0.25, -0.2) is 4.79 Å². The molecule has 2 aromatic heterocycles. The van der Waals surface area contributed by atoms with Crippen LogP contribution in [0.15, 0.2) is 41.5 Å². The van der Waals surface area contributed by atoms with E-state index in [2.05, 4.69) is 4.98 Å². The lowest BCUT2D eigenvalue weighted by molar-refractivity contribution is 0.0696. The predicted octanol–water partition coefficient (Wildman–Crippen LogP) is 1.55. The molecule has 2 rings (SSSR count). The summed E-state index contributed by atoms with van der Waals surface area (Å²) < 4.78 is 1.37. The minimum Gasteiger partial charge on any atom is -0.478 e. The van der Waals surface area contributed by atoms with E-state index in [1.54, 1.807) is 6.20 Å². The van der Waals surface area contributed by atoms with Gasteiger partial charge in [0.15, 0.2) is 0 Å². The minimum absolute atomic E-state index is 0.0913. The van der Waals surface area contributed by atoms with Gasteiger partial charge in [0.1, 0.15) is 0 Å². The number of pyridine rings is 2. The second kappa shape index (κ2) is 5.48. The highest BCUT2D eigenvalue weighted by atomic mass is 16.4. The lowest BCUT2D eigenvalue weighted by Crippen LogP contribution is -2.21. The van der Waals surface area contributed by atoms with Crippen molar-refractivity contribution in [2.45, 2.75) is 19.9 Å². The van der Waals surface area contributed by atoms with E-state index in [-0.39, 0.29) is 17.7 Å². The molecule has 0 aliphatic rings. The summed E-state index contributed by atoms with van der Waals surface area (Å²) >= 11 is 0. The molecule has 0 unspecified atom stereocenters. The molecule has 5 nitrogen and oxygen atoms in total. The van der Waals surface area contributed by atoms with E-state index < -0.39 is 5.97 Å². The van der Waals surface area contributed by atoms with Gasteiger partial charge in [0.05, 0.1) is 17.8 Å². The number of carbonyl (C=O) groups is 1. The van der Waals surface area contributed by atoms with Crippen LogP contribution in [0.5, 0.6) is 0 Å². The third kappa shape index (κ3) is 2.88. The molecule has 0 aromatic carbocycles. The van der Waals surface area contributed by atoms with Gasteiger partial charge in [0.2, 0.25) is 0 Å². The molecular weight excluding hydrogens is 244 g/mol. The predicted molar refractivity (Wildman–Crippen MR) is 70.4 cm³/mol. The molecule has 2 heterocycles. The third-order valence-electron chi connectivity index (χ3n) is 2.92. The zero-order chi connectivity index (χ0) is 13.8. The molecule has 0 bridgehead atoms. The zero-order valence-electron chi connectivity index (χ0n) is 10.5. The number of aromatic carboxylic acids is 1. The summed E-state index contributed by atoms with van der Waals surface area (Å²) in [5.41, 5.74) is 1.69. The Morgan fingerprint density at radius 1 is 1.37 bits per heavy atom. The first kappa shape index (κ1) is 13.0. The maximum Gasteiger partial charge on any atom is 0.337 e. The molecular formula is C14H14N2O3. The van der Waals surface area contributed by atoms with Crippen LogP contribution in [0.2, 0.25) is 0 Å². The molecule has 0 spiro atoms. The van der Waals surface area contributed by atoms with Crippen molar-refractivity contribution in [3.8, 4) is 0 Å². The average Bonchev–Trinajstić information content (AvgIpc) is 2.41. The molecule has 0 saturated heterocycles. The van der Waals surface area contributed by atoms with Gasteiger partial charge in [-0.15, -0.1) is 0 Å². The van der Waals surface area contributed by atoms with E-state index in [0.29, 0.717) is 0 Å². The van der Waals surface area contributed by atoms with Crippen molar-refractivity contribution in [2.75, 3.05) is 0 Å². The van der Waals surface area contributed by atoms with E-state index in [9.17, 15) is 9.59 Å². The number of aromatic nitrogens is 2. The fourth-order valence-electron chi connectivity index (χ4n) is 1.88. The summed E-state index contributed by atoms with van der Waals surface area (Å²) in [4.78, 5) is 26.9. The Hall–Kier alpha value is -2.43. The number of carboxylic acid groups (broad SMARTS) is 1. The van der Waals surface area contributed by atoms with Crippen molar-refractivity contribution in [2.24, 2.45) is 0 Å². The van der Waals surface area contributed by atoms with Crippen LogP contribution in [0.4, 0.5) is 0 Å². The van der Waals surface area contributed by atoms with E-state index in [1.165, 1.54) is 22.9 Å². The van der Waals surface area contributed by atoms with Gasteiger partial charge in [0, 0.05) is 18.5 Å². The number of hydrogen-bond donors (Lipinski definition) is 1. The molecule has 19 heavy (non-hydrogen) atoms. The Morgan fingerprint density at radius 2 is 2.16 bits per heavy atom. The van der Waals surface area contributed by atoms with E-state index in [0.717, 1.165) is 17.7 Å². The largest absolute Gasteiger partial charge is 0.478 e. The fraction of sp³-hybridized carbons (Fsp3) is 0.214. The van der Waals surface area contributed by atoms with Gasteiger partial charge in [-0.2, -0.15) is 0 Å². The molecule has 0 aliphatic heterocycles. The smallest absolute Gasteiger partial charge is 0.337 e. The molecule has 5 heteroatoms. The molecule has 2 aromatic rings. The summed E-state index contributed by atoms with van der Waals surface area (Å²) in [6, 6.07) is 6.37. The number of carboxylic acids is 1. The number of aryl methyl sites for hydroxylation is 1. The highest BCUT2D eigenvalue weighted by Crippen LogP contribution is 2.08. The molecule has 0 saturated carbocycles. The Balaban J connectivity index is 2.40. The van der Waals surface area contributed by atoms with Gasteiger partial charge in [0.25, 0.3) is 5.56 Å². The standard InChI is InChI=1S/C14H14N2O3/c1-2-10-4-3-7-15-12(10)9-16-8-11(14(18)19)5-6-13(16)17/h3-8H,2,9H2,1H3,(H,18,19). The zero-order valence-corrected chi connectivity index (χ0v) is 10.5. The Morgan fingerprint density at radius 3 is 2.84 bits per heavy atom. The molecule has 0 amide bonds. The van der Waals surface area contributed by atoms with Crippen LogP contribution in [-0.2, 0) is 13.0 Å². The van der Waals surface area contributed by atoms with Crippen LogP contribution in [0.3, 0.4) is 0 Å². The number of nitrogens with zero attached hydrogens (tertiary/aromatic N) is 2. The quantitative estimate of drug-likeness (QED) is 0.903. The van der Waals surface area contributed by atoms with Crippen molar-refractivity contribution < 1.29 is 9.90 Å². The topological polar surface area (TPSA) is 72.2 Å². The summed E-state index contributed by atoms with van der Waals surface area (Å²) in [5, 5.41) is 8.94. The van der Waals surface area contributed by atoms with Crippen molar-refractivity contribution in [1.29, 1.82) is 0 Å². The number of rotatable bonds is 4. The summed E-state index contributed by atoms with van der Waals surface area (Å²) in [6.07, 6.45) is 3.83. The third-order valence-corrected chi connectivity index (χ3v) is 2.92. The fourth-order valence-corrected chi connectivity index (χ4v) is 1.88. The summed E-state index contributed by atoms with van der Waals surface area (Å²) in [5.74, 6) is -1.05. The second-order valence-corrected chi connectivity index (χ2v) is 4.15. The van der Waals surface area contributed by atoms with Gasteiger partial charge in [-0.3, -0.25) is 9.78 Å². The van der Waals surface area contributed by atoms with Crippen molar-refractivity contribution in [3.05, 3.63) is 63.8 Å². The monoisotopic (exact) mass is 258 g/mol. The van der Waals surface area contributed by atoms with Crippen LogP contribution in [0.25, 0.3) is 0 Å². The lowest BCUT2D eigenvalue weighted by Gasteiger charge is -2.09. The molecule has 1 N–H and O–H groups in total. The first-order chi connectivity index (χ1) is 9.11. The van der Waals surface area contributed by atoms with Crippen molar-refractivity contribution in [3.63, 3.8) is 0 Å². The van der Waals surface area contributed by atoms with Crippen molar-refractivity contribution in [1.82, 2.24) is 9.55 Å². The van der Waals surface area contributed by atoms with E-state index >= 15 is 0 Å². The minimum atomic E-state index is -1.05. The molecule has 0 fully saturated rings. The normalized spacial score (nSPS) is 10.4. The highest BCUT2D eigenvalue weighted by Gasteiger charge is 2.08. The average molecular weight is 258 g/mol. The number of hydrogen-bond acceptors (Lipinski definition) is 3. The molecule has 0 radical (unpaired) electrons. The van der Waals surface area contributed by atoms with Gasteiger partial charge in [-0.05, 0) is 24.1 Å². The van der Waals surface area contributed by atoms with Gasteiger partial charge in [-0.1, -0.05) is 13.0 Å². The van der Waals surface area contributed by atoms with Gasteiger partial charge < -0.3 is 9.67 Å². The van der Waals surface area contributed by atoms with Gasteiger partial charge >= 0.3 is 5.97 Å². The van der Waals surface area contributed by atoms with Crippen LogP contribution in [-0.4, -0.2) is 20.6 Å². The Labute approximate surface area is 110 Å². The molecule has 0 aliphatic carbocycles. The molecule has 98 valence electrons. The Bertz CT molecular complexity index is 662. The Kier molecular flexibility index (Phi) is 3.75. The van der Waals surface area contributed by atoms with Crippen molar-refractivity contribution >= 4 is 5.97 Å². The lowest BCUT2D eigenvalue weighted by atomic mass is 10.1. The maximum atomic E-state index is 11.7. The van der Waals surface area contributed by atoms with Crippen LogP contribution < -0.4 is 5.56 Å². The maximum absolute atomic E-state index is 11.7.